The van der Waals surface area contributed by atoms with E-state index in [0.29, 0.717) is 11.3 Å². The van der Waals surface area contributed by atoms with Crippen molar-refractivity contribution in [3.05, 3.63) is 59.7 Å². The third-order valence-corrected chi connectivity index (χ3v) is 7.22. The predicted molar refractivity (Wildman–Crippen MR) is 115 cm³/mol. The molecule has 0 aliphatic heterocycles. The summed E-state index contributed by atoms with van der Waals surface area (Å²) in [7, 11) is -9.90. The van der Waals surface area contributed by atoms with Crippen molar-refractivity contribution < 1.29 is 40.8 Å². The van der Waals surface area contributed by atoms with Gasteiger partial charge in [0.2, 0.25) is 0 Å². The number of benzene rings is 2. The molecule has 0 saturated carbocycles. The van der Waals surface area contributed by atoms with E-state index in [0.717, 1.165) is 12.1 Å². The summed E-state index contributed by atoms with van der Waals surface area (Å²) < 4.78 is 74.0. The molecular formula is C16H20F2K3O7PS. The molecule has 0 aliphatic rings. The summed E-state index contributed by atoms with van der Waals surface area (Å²) in [6.07, 6.45) is -0.109. The first-order chi connectivity index (χ1) is 12.5. The molecule has 1 atom stereocenters. The van der Waals surface area contributed by atoms with Crippen LogP contribution in [0.3, 0.4) is 0 Å². The molecule has 0 amide bonds. The summed E-state index contributed by atoms with van der Waals surface area (Å²) >= 11 is 0. The van der Waals surface area contributed by atoms with Gasteiger partial charge in [-0.1, -0.05) is 12.1 Å². The second kappa shape index (κ2) is 15.9. The summed E-state index contributed by atoms with van der Waals surface area (Å²) in [5, 5.41) is 0. The molecule has 0 spiro atoms. The zero-order chi connectivity index (χ0) is 20.2. The Morgan fingerprint density at radius 2 is 1.57 bits per heavy atom. The van der Waals surface area contributed by atoms with Crippen LogP contribution in [0.1, 0.15) is 18.4 Å². The molecule has 0 heterocycles. The van der Waals surface area contributed by atoms with Crippen molar-refractivity contribution in [2.45, 2.75) is 24.3 Å². The third-order valence-electron chi connectivity index (χ3n) is 3.66. The van der Waals surface area contributed by atoms with E-state index in [2.05, 4.69) is 0 Å². The molecule has 2 aromatic rings. The van der Waals surface area contributed by atoms with Crippen LogP contribution >= 0.6 is 7.60 Å². The van der Waals surface area contributed by atoms with E-state index in [4.69, 9.17) is 19.1 Å². The van der Waals surface area contributed by atoms with Gasteiger partial charge in [-0.15, -0.1) is 0 Å². The van der Waals surface area contributed by atoms with E-state index in [9.17, 15) is 21.8 Å². The maximum absolute atomic E-state index is 13.2. The molecule has 2 aromatic carbocycles. The minimum atomic E-state index is -5.01. The molecule has 14 heteroatoms. The van der Waals surface area contributed by atoms with Gasteiger partial charge in [0.15, 0.2) is 16.6 Å². The standard InChI is InChI=1S/C16H17F2O7PS.3K.3H/c17-14-8-7-13(10-15(14)18)25-12-5-1-3-11(9-12)4-2-6-16(26(19,20)21)27(22,23)24;;;;;;/h1,3,5,7-10,16H,2,4,6H2,(H2,19,20,21)(H,22,23,24);;;;;;. The van der Waals surface area contributed by atoms with Crippen molar-refractivity contribution >= 4 is 172 Å². The molecular weight excluding hydrogens is 523 g/mol. The van der Waals surface area contributed by atoms with Crippen LogP contribution in [0.25, 0.3) is 0 Å². The fourth-order valence-electron chi connectivity index (χ4n) is 2.41. The topological polar surface area (TPSA) is 121 Å². The molecule has 154 valence electrons. The molecule has 0 aromatic heterocycles. The molecule has 0 saturated heterocycles. The van der Waals surface area contributed by atoms with Gasteiger partial charge in [0.25, 0.3) is 10.1 Å². The molecule has 7 nitrogen and oxygen atoms in total. The fraction of sp³-hybridized carbons (Fsp3) is 0.250. The zero-order valence-electron chi connectivity index (χ0n) is 13.8. The molecule has 1 unspecified atom stereocenters. The van der Waals surface area contributed by atoms with Crippen LogP contribution in [0.4, 0.5) is 8.78 Å². The number of rotatable bonds is 8. The maximum atomic E-state index is 13.2. The Hall–Kier alpha value is 3.07. The van der Waals surface area contributed by atoms with Crippen LogP contribution < -0.4 is 4.74 Å². The van der Waals surface area contributed by atoms with Gasteiger partial charge in [0, 0.05) is 6.07 Å². The van der Waals surface area contributed by atoms with Crippen molar-refractivity contribution in [3.63, 3.8) is 0 Å². The van der Waals surface area contributed by atoms with E-state index in [1.165, 1.54) is 6.07 Å². The van der Waals surface area contributed by atoms with Gasteiger partial charge < -0.3 is 14.5 Å². The Morgan fingerprint density at radius 1 is 0.967 bits per heavy atom. The Balaban J connectivity index is 0. The molecule has 0 radical (unpaired) electrons. The van der Waals surface area contributed by atoms with E-state index in [1.54, 1.807) is 24.3 Å². The third kappa shape index (κ3) is 12.2. The van der Waals surface area contributed by atoms with E-state index < -0.39 is 40.8 Å². The number of hydrogen-bond acceptors (Lipinski definition) is 4. The first-order valence-corrected chi connectivity index (χ1v) is 10.9. The monoisotopic (exact) mass is 542 g/mol. The summed E-state index contributed by atoms with van der Waals surface area (Å²) in [6.45, 7) is 0. The van der Waals surface area contributed by atoms with Gasteiger partial charge in [-0.25, -0.2) is 8.78 Å². The summed E-state index contributed by atoms with van der Waals surface area (Å²) in [5.41, 5.74) is 0.662. The second-order valence-electron chi connectivity index (χ2n) is 5.78. The van der Waals surface area contributed by atoms with Crippen LogP contribution in [0, 0.1) is 11.6 Å². The van der Waals surface area contributed by atoms with E-state index >= 15 is 0 Å². The number of hydrogen-bond donors (Lipinski definition) is 3. The Morgan fingerprint density at radius 3 is 2.10 bits per heavy atom. The molecule has 0 aliphatic carbocycles. The van der Waals surface area contributed by atoms with Gasteiger partial charge in [0.05, 0.1) is 0 Å². The van der Waals surface area contributed by atoms with Crippen LogP contribution in [0.5, 0.6) is 11.5 Å². The van der Waals surface area contributed by atoms with Gasteiger partial charge >= 0.3 is 162 Å². The van der Waals surface area contributed by atoms with Crippen molar-refractivity contribution in [1.29, 1.82) is 0 Å². The zero-order valence-corrected chi connectivity index (χ0v) is 15.5. The van der Waals surface area contributed by atoms with Crippen LogP contribution in [-0.4, -0.2) is 182 Å². The van der Waals surface area contributed by atoms with Crippen LogP contribution in [0.15, 0.2) is 42.5 Å². The van der Waals surface area contributed by atoms with Crippen LogP contribution in [0.2, 0.25) is 0 Å². The second-order valence-corrected chi connectivity index (χ2v) is 9.53. The molecule has 0 bridgehead atoms. The minimum absolute atomic E-state index is 0. The number of aryl methyl sites for hydroxylation is 1. The quantitative estimate of drug-likeness (QED) is 0.263. The number of ether oxygens (including phenoxy) is 1. The van der Waals surface area contributed by atoms with Crippen molar-refractivity contribution in [2.24, 2.45) is 0 Å². The van der Waals surface area contributed by atoms with Gasteiger partial charge in [-0.05, 0) is 49.1 Å². The van der Waals surface area contributed by atoms with E-state index in [-0.39, 0.29) is 173 Å². The Labute approximate surface area is 301 Å². The van der Waals surface area contributed by atoms with Gasteiger partial charge in [0.1, 0.15) is 11.5 Å². The SMILES string of the molecule is O=P(O)(O)C(CCCc1cccc(Oc2ccc(F)c(F)c2)c1)S(=O)(=O)O.[KH].[KH].[KH]. The average molecular weight is 543 g/mol. The van der Waals surface area contributed by atoms with Crippen LogP contribution in [-0.2, 0) is 21.1 Å². The predicted octanol–water partition coefficient (Wildman–Crippen LogP) is 1.53. The van der Waals surface area contributed by atoms with Gasteiger partial charge in [-0.2, -0.15) is 8.42 Å². The van der Waals surface area contributed by atoms with Gasteiger partial charge in [-0.3, -0.25) is 9.12 Å². The normalized spacial score (nSPS) is 12.0. The fourth-order valence-corrected chi connectivity index (χ4v) is 4.78. The summed E-state index contributed by atoms with van der Waals surface area (Å²) in [5.74, 6) is -1.66. The first kappa shape index (κ1) is 35.2. The average Bonchev–Trinajstić information content (AvgIpc) is 2.53. The molecule has 0 fully saturated rings. The van der Waals surface area contributed by atoms with Crippen molar-refractivity contribution in [3.8, 4) is 11.5 Å². The molecule has 2 rings (SSSR count). The summed E-state index contributed by atoms with van der Waals surface area (Å²) in [4.78, 5) is 15.9. The summed E-state index contributed by atoms with van der Waals surface area (Å²) in [6, 6.07) is 9.50. The van der Waals surface area contributed by atoms with Crippen molar-refractivity contribution in [1.82, 2.24) is 0 Å². The first-order valence-electron chi connectivity index (χ1n) is 7.70. The molecule has 30 heavy (non-hydrogen) atoms. The van der Waals surface area contributed by atoms with E-state index in [1.807, 2.05) is 0 Å². The Bertz CT molecular complexity index is 973. The molecule has 3 N–H and O–H groups in total. The van der Waals surface area contributed by atoms with Crippen molar-refractivity contribution in [2.75, 3.05) is 0 Å². The Kier molecular flexibility index (Phi) is 18.7. The number of halogens is 2.